The van der Waals surface area contributed by atoms with Crippen molar-refractivity contribution in [2.45, 2.75) is 24.4 Å². The third kappa shape index (κ3) is 1.48. The average Bonchev–Trinajstić information content (AvgIpc) is 3.02. The number of aliphatic hydroxyl groups excluding tert-OH is 1. The van der Waals surface area contributed by atoms with Gasteiger partial charge in [0.2, 0.25) is 0 Å². The standard InChI is InChI=1S/C11H10F2O3/c12-7-3-1-2-6(8(7)13)11(4-5-11)9(14)10(15)16/h1-3,9,14H,4-5H2,(H,15,16). The van der Waals surface area contributed by atoms with E-state index in [0.29, 0.717) is 12.8 Å². The molecule has 0 saturated heterocycles. The normalized spacial score (nSPS) is 19.2. The van der Waals surface area contributed by atoms with Gasteiger partial charge in [-0.1, -0.05) is 12.1 Å². The van der Waals surface area contributed by atoms with Crippen molar-refractivity contribution >= 4 is 5.97 Å². The topological polar surface area (TPSA) is 57.5 Å². The molecule has 2 N–H and O–H groups in total. The van der Waals surface area contributed by atoms with Gasteiger partial charge < -0.3 is 10.2 Å². The van der Waals surface area contributed by atoms with Gasteiger partial charge in [-0.15, -0.1) is 0 Å². The van der Waals surface area contributed by atoms with Crippen LogP contribution in [-0.4, -0.2) is 22.3 Å². The predicted octanol–water partition coefficient (Wildman–Crippen LogP) is 1.44. The van der Waals surface area contributed by atoms with E-state index in [0.717, 1.165) is 6.07 Å². The number of hydrogen-bond acceptors (Lipinski definition) is 2. The number of rotatable bonds is 3. The lowest BCUT2D eigenvalue weighted by Crippen LogP contribution is -2.34. The molecule has 1 aliphatic rings. The smallest absolute Gasteiger partial charge is 0.333 e. The van der Waals surface area contributed by atoms with Crippen LogP contribution in [0.5, 0.6) is 0 Å². The molecule has 0 amide bonds. The molecule has 3 nitrogen and oxygen atoms in total. The van der Waals surface area contributed by atoms with Gasteiger partial charge in [0.1, 0.15) is 0 Å². The monoisotopic (exact) mass is 228 g/mol. The molecule has 5 heteroatoms. The molecule has 1 fully saturated rings. The van der Waals surface area contributed by atoms with Gasteiger partial charge in [-0.3, -0.25) is 0 Å². The highest BCUT2D eigenvalue weighted by Gasteiger charge is 2.55. The molecule has 1 aromatic rings. The zero-order valence-electron chi connectivity index (χ0n) is 8.28. The molecular formula is C11H10F2O3. The summed E-state index contributed by atoms with van der Waals surface area (Å²) in [5.41, 5.74) is -1.21. The maximum Gasteiger partial charge on any atom is 0.333 e. The SMILES string of the molecule is O=C(O)C(O)C1(c2cccc(F)c2F)CC1. The van der Waals surface area contributed by atoms with Crippen LogP contribution in [0, 0.1) is 11.6 Å². The van der Waals surface area contributed by atoms with Crippen molar-refractivity contribution in [1.29, 1.82) is 0 Å². The fourth-order valence-electron chi connectivity index (χ4n) is 1.95. The molecule has 0 radical (unpaired) electrons. The van der Waals surface area contributed by atoms with Crippen LogP contribution in [-0.2, 0) is 10.2 Å². The van der Waals surface area contributed by atoms with Crippen molar-refractivity contribution in [3.05, 3.63) is 35.4 Å². The van der Waals surface area contributed by atoms with Crippen molar-refractivity contribution in [3.63, 3.8) is 0 Å². The summed E-state index contributed by atoms with van der Waals surface area (Å²) in [6.45, 7) is 0. The Labute approximate surface area is 90.3 Å². The van der Waals surface area contributed by atoms with Crippen molar-refractivity contribution < 1.29 is 23.8 Å². The van der Waals surface area contributed by atoms with Crippen LogP contribution in [0.2, 0.25) is 0 Å². The van der Waals surface area contributed by atoms with Gasteiger partial charge >= 0.3 is 5.97 Å². The third-order valence-electron chi connectivity index (χ3n) is 3.03. The molecule has 2 rings (SSSR count). The third-order valence-corrected chi connectivity index (χ3v) is 3.03. The summed E-state index contributed by atoms with van der Waals surface area (Å²) < 4.78 is 26.5. The van der Waals surface area contributed by atoms with Gasteiger partial charge in [-0.25, -0.2) is 13.6 Å². The first-order chi connectivity index (χ1) is 7.49. The molecule has 0 aromatic heterocycles. The Balaban J connectivity index is 2.45. The van der Waals surface area contributed by atoms with Crippen LogP contribution in [0.1, 0.15) is 18.4 Å². The summed E-state index contributed by atoms with van der Waals surface area (Å²) in [4.78, 5) is 10.7. The lowest BCUT2D eigenvalue weighted by molar-refractivity contribution is -0.148. The summed E-state index contributed by atoms with van der Waals surface area (Å²) in [7, 11) is 0. The minimum Gasteiger partial charge on any atom is -0.479 e. The maximum absolute atomic E-state index is 13.5. The number of carboxylic acids is 1. The molecule has 0 spiro atoms. The van der Waals surface area contributed by atoms with E-state index < -0.39 is 29.1 Å². The Morgan fingerprint density at radius 2 is 2.00 bits per heavy atom. The van der Waals surface area contributed by atoms with Gasteiger partial charge in [0.05, 0.1) is 0 Å². The van der Waals surface area contributed by atoms with Crippen molar-refractivity contribution in [1.82, 2.24) is 0 Å². The largest absolute Gasteiger partial charge is 0.479 e. The van der Waals surface area contributed by atoms with E-state index in [-0.39, 0.29) is 5.56 Å². The number of carboxylic acid groups (broad SMARTS) is 1. The van der Waals surface area contributed by atoms with Gasteiger partial charge in [-0.2, -0.15) is 0 Å². The van der Waals surface area contributed by atoms with Crippen LogP contribution in [0.4, 0.5) is 8.78 Å². The lowest BCUT2D eigenvalue weighted by Gasteiger charge is -2.19. The molecular weight excluding hydrogens is 218 g/mol. The van der Waals surface area contributed by atoms with E-state index in [1.807, 2.05) is 0 Å². The number of hydrogen-bond donors (Lipinski definition) is 2. The van der Waals surface area contributed by atoms with E-state index in [9.17, 15) is 18.7 Å². The van der Waals surface area contributed by atoms with Crippen LogP contribution >= 0.6 is 0 Å². The molecule has 1 unspecified atom stereocenters. The number of aliphatic carboxylic acids is 1. The maximum atomic E-state index is 13.5. The van der Waals surface area contributed by atoms with Crippen LogP contribution < -0.4 is 0 Å². The highest BCUT2D eigenvalue weighted by Crippen LogP contribution is 2.52. The van der Waals surface area contributed by atoms with E-state index in [1.54, 1.807) is 0 Å². The molecule has 0 bridgehead atoms. The summed E-state index contributed by atoms with van der Waals surface area (Å²) in [6.07, 6.45) is -0.995. The molecule has 0 heterocycles. The van der Waals surface area contributed by atoms with E-state index in [1.165, 1.54) is 12.1 Å². The van der Waals surface area contributed by atoms with E-state index in [2.05, 4.69) is 0 Å². The second-order valence-electron chi connectivity index (χ2n) is 4.00. The van der Waals surface area contributed by atoms with Crippen molar-refractivity contribution in [2.24, 2.45) is 0 Å². The number of carbonyl (C=O) groups is 1. The Morgan fingerprint density at radius 3 is 2.50 bits per heavy atom. The molecule has 1 atom stereocenters. The molecule has 1 aromatic carbocycles. The molecule has 1 saturated carbocycles. The van der Waals surface area contributed by atoms with Crippen LogP contribution in [0.15, 0.2) is 18.2 Å². The van der Waals surface area contributed by atoms with Crippen molar-refractivity contribution in [2.75, 3.05) is 0 Å². The first-order valence-corrected chi connectivity index (χ1v) is 4.84. The second kappa shape index (κ2) is 3.52. The van der Waals surface area contributed by atoms with Crippen LogP contribution in [0.3, 0.4) is 0 Å². The zero-order chi connectivity index (χ0) is 11.9. The first kappa shape index (κ1) is 11.0. The molecule has 1 aliphatic carbocycles. The van der Waals surface area contributed by atoms with E-state index in [4.69, 9.17) is 5.11 Å². The minimum absolute atomic E-state index is 0.0533. The summed E-state index contributed by atoms with van der Waals surface area (Å²) >= 11 is 0. The van der Waals surface area contributed by atoms with Gasteiger partial charge in [0, 0.05) is 11.0 Å². The number of benzene rings is 1. The fraction of sp³-hybridized carbons (Fsp3) is 0.364. The van der Waals surface area contributed by atoms with Gasteiger partial charge in [-0.05, 0) is 18.9 Å². The number of aliphatic hydroxyl groups is 1. The highest BCUT2D eigenvalue weighted by molar-refractivity contribution is 5.75. The number of halogens is 2. The summed E-state index contributed by atoms with van der Waals surface area (Å²) in [6, 6.07) is 3.59. The zero-order valence-corrected chi connectivity index (χ0v) is 8.28. The fourth-order valence-corrected chi connectivity index (χ4v) is 1.95. The van der Waals surface area contributed by atoms with Gasteiger partial charge in [0.15, 0.2) is 17.7 Å². The molecule has 0 aliphatic heterocycles. The summed E-state index contributed by atoms with van der Waals surface area (Å²) in [5.74, 6) is -3.51. The van der Waals surface area contributed by atoms with Gasteiger partial charge in [0.25, 0.3) is 0 Å². The quantitative estimate of drug-likeness (QED) is 0.823. The Morgan fingerprint density at radius 1 is 1.38 bits per heavy atom. The average molecular weight is 228 g/mol. The summed E-state index contributed by atoms with van der Waals surface area (Å²) in [5, 5.41) is 18.2. The lowest BCUT2D eigenvalue weighted by atomic mass is 9.89. The Kier molecular flexibility index (Phi) is 2.42. The first-order valence-electron chi connectivity index (χ1n) is 4.84. The van der Waals surface area contributed by atoms with Crippen LogP contribution in [0.25, 0.3) is 0 Å². The Hall–Kier alpha value is -1.49. The second-order valence-corrected chi connectivity index (χ2v) is 4.00. The van der Waals surface area contributed by atoms with Crippen molar-refractivity contribution in [3.8, 4) is 0 Å². The minimum atomic E-state index is -1.69. The molecule has 86 valence electrons. The Bertz CT molecular complexity index is 441. The van der Waals surface area contributed by atoms with E-state index >= 15 is 0 Å². The predicted molar refractivity (Wildman–Crippen MR) is 50.9 cm³/mol. The highest BCUT2D eigenvalue weighted by atomic mass is 19.2. The molecule has 16 heavy (non-hydrogen) atoms.